The number of para-hydroxylation sites is 1. The third kappa shape index (κ3) is 3.51. The van der Waals surface area contributed by atoms with Crippen LogP contribution in [0.3, 0.4) is 0 Å². The van der Waals surface area contributed by atoms with E-state index in [1.165, 1.54) is 0 Å². The third-order valence-electron chi connectivity index (χ3n) is 4.18. The number of aromatic amines is 1. The smallest absolute Gasteiger partial charge is 0.329 e. The number of ether oxygens (including phenoxy) is 1. The van der Waals surface area contributed by atoms with Crippen molar-refractivity contribution in [3.8, 4) is 5.75 Å². The minimum absolute atomic E-state index is 0.274. The molecule has 0 aliphatic rings. The maximum atomic E-state index is 12.5. The molecule has 0 aliphatic carbocycles. The fraction of sp³-hybridized carbons (Fsp3) is 0.211. The number of aromatic nitrogens is 2. The van der Waals surface area contributed by atoms with Gasteiger partial charge in [0.1, 0.15) is 12.3 Å². The summed E-state index contributed by atoms with van der Waals surface area (Å²) in [6.07, 6.45) is 0. The zero-order valence-electron chi connectivity index (χ0n) is 14.5. The van der Waals surface area contributed by atoms with E-state index in [2.05, 4.69) is 10.3 Å². The average molecular weight is 353 g/mol. The number of amides is 1. The highest BCUT2D eigenvalue weighted by molar-refractivity contribution is 5.79. The molecule has 0 saturated heterocycles. The molecule has 1 aromatic heterocycles. The topological polar surface area (TPSA) is 93.2 Å². The first-order valence-corrected chi connectivity index (χ1v) is 8.15. The Balaban J connectivity index is 1.78. The molecule has 0 bridgehead atoms. The molecule has 2 N–H and O–H groups in total. The molecule has 1 atom stereocenters. The summed E-state index contributed by atoms with van der Waals surface area (Å²) >= 11 is 0. The van der Waals surface area contributed by atoms with Crippen molar-refractivity contribution in [2.45, 2.75) is 19.5 Å². The number of methoxy groups -OCH3 is 1. The monoisotopic (exact) mass is 353 g/mol. The molecular weight excluding hydrogens is 334 g/mol. The van der Waals surface area contributed by atoms with Crippen LogP contribution in [0.4, 0.5) is 0 Å². The molecule has 134 valence electrons. The summed E-state index contributed by atoms with van der Waals surface area (Å²) in [5.41, 5.74) is 0.238. The second kappa shape index (κ2) is 7.26. The lowest BCUT2D eigenvalue weighted by Gasteiger charge is -2.15. The predicted octanol–water partition coefficient (Wildman–Crippen LogP) is 1.58. The predicted molar refractivity (Wildman–Crippen MR) is 98.4 cm³/mol. The Bertz CT molecular complexity index is 1050. The third-order valence-corrected chi connectivity index (χ3v) is 4.18. The molecule has 7 nitrogen and oxygen atoms in total. The minimum Gasteiger partial charge on any atom is -0.497 e. The molecule has 7 heteroatoms. The SMILES string of the molecule is COc1ccc([C@@H](C)NC(=O)Cn2c(=O)[nH]c3ccccc3c2=O)cc1. The number of rotatable bonds is 5. The van der Waals surface area contributed by atoms with Gasteiger partial charge < -0.3 is 15.0 Å². The van der Waals surface area contributed by atoms with E-state index < -0.39 is 17.2 Å². The van der Waals surface area contributed by atoms with Crippen LogP contribution in [0.5, 0.6) is 5.75 Å². The zero-order valence-corrected chi connectivity index (χ0v) is 14.5. The first kappa shape index (κ1) is 17.5. The summed E-state index contributed by atoms with van der Waals surface area (Å²) in [5, 5.41) is 3.16. The van der Waals surface area contributed by atoms with E-state index in [9.17, 15) is 14.4 Å². The van der Waals surface area contributed by atoms with Crippen molar-refractivity contribution in [3.63, 3.8) is 0 Å². The number of carbonyl (C=O) groups excluding carboxylic acids is 1. The molecule has 3 aromatic rings. The molecule has 0 radical (unpaired) electrons. The van der Waals surface area contributed by atoms with Gasteiger partial charge in [-0.1, -0.05) is 24.3 Å². The van der Waals surface area contributed by atoms with Crippen LogP contribution in [0.15, 0.2) is 58.1 Å². The fourth-order valence-electron chi connectivity index (χ4n) is 2.75. The number of fused-ring (bicyclic) bond motifs is 1. The van der Waals surface area contributed by atoms with Crippen LogP contribution in [-0.4, -0.2) is 22.6 Å². The van der Waals surface area contributed by atoms with Crippen molar-refractivity contribution in [3.05, 3.63) is 74.9 Å². The Labute approximate surface area is 149 Å². The van der Waals surface area contributed by atoms with Crippen molar-refractivity contribution >= 4 is 16.8 Å². The van der Waals surface area contributed by atoms with E-state index in [1.807, 2.05) is 19.1 Å². The van der Waals surface area contributed by atoms with Gasteiger partial charge in [-0.05, 0) is 36.8 Å². The highest BCUT2D eigenvalue weighted by atomic mass is 16.5. The molecular formula is C19H19N3O4. The molecule has 3 rings (SSSR count). The molecule has 1 amide bonds. The van der Waals surface area contributed by atoms with E-state index >= 15 is 0 Å². The molecule has 0 unspecified atom stereocenters. The number of benzene rings is 2. The standard InChI is InChI=1S/C19H19N3O4/c1-12(13-7-9-14(26-2)10-8-13)20-17(23)11-22-18(24)15-5-3-4-6-16(15)21-19(22)25/h3-10,12H,11H2,1-2H3,(H,20,23)(H,21,25)/t12-/m1/s1. The number of nitrogens with one attached hydrogen (secondary N) is 2. The molecule has 0 saturated carbocycles. The van der Waals surface area contributed by atoms with Crippen molar-refractivity contribution in [1.82, 2.24) is 14.9 Å². The van der Waals surface area contributed by atoms with Gasteiger partial charge in [-0.15, -0.1) is 0 Å². The van der Waals surface area contributed by atoms with Crippen molar-refractivity contribution < 1.29 is 9.53 Å². The highest BCUT2D eigenvalue weighted by Gasteiger charge is 2.14. The summed E-state index contributed by atoms with van der Waals surface area (Å²) in [7, 11) is 1.58. The second-order valence-corrected chi connectivity index (χ2v) is 5.93. The van der Waals surface area contributed by atoms with Gasteiger partial charge in [0.2, 0.25) is 5.91 Å². The van der Waals surface area contributed by atoms with E-state index in [1.54, 1.807) is 43.5 Å². The molecule has 0 fully saturated rings. The maximum absolute atomic E-state index is 12.5. The average Bonchev–Trinajstić information content (AvgIpc) is 2.65. The Kier molecular flexibility index (Phi) is 4.88. The number of hydrogen-bond donors (Lipinski definition) is 2. The van der Waals surface area contributed by atoms with Gasteiger partial charge in [0, 0.05) is 0 Å². The van der Waals surface area contributed by atoms with Crippen LogP contribution >= 0.6 is 0 Å². The van der Waals surface area contributed by atoms with E-state index in [0.717, 1.165) is 15.9 Å². The van der Waals surface area contributed by atoms with E-state index in [-0.39, 0.29) is 12.6 Å². The Morgan fingerprint density at radius 2 is 1.85 bits per heavy atom. The lowest BCUT2D eigenvalue weighted by atomic mass is 10.1. The second-order valence-electron chi connectivity index (χ2n) is 5.93. The van der Waals surface area contributed by atoms with Crippen LogP contribution in [0, 0.1) is 0 Å². The lowest BCUT2D eigenvalue weighted by molar-refractivity contribution is -0.122. The normalized spacial score (nSPS) is 11.9. The molecule has 1 heterocycles. The van der Waals surface area contributed by atoms with Gasteiger partial charge in [-0.25, -0.2) is 4.79 Å². The first-order valence-electron chi connectivity index (χ1n) is 8.15. The minimum atomic E-state index is -0.610. The summed E-state index contributed by atoms with van der Waals surface area (Å²) < 4.78 is 6.01. The van der Waals surface area contributed by atoms with Gasteiger partial charge in [0.15, 0.2) is 0 Å². The van der Waals surface area contributed by atoms with Crippen LogP contribution in [0.1, 0.15) is 18.5 Å². The molecule has 26 heavy (non-hydrogen) atoms. The van der Waals surface area contributed by atoms with Crippen molar-refractivity contribution in [1.29, 1.82) is 0 Å². The van der Waals surface area contributed by atoms with Gasteiger partial charge in [-0.2, -0.15) is 0 Å². The van der Waals surface area contributed by atoms with Crippen LogP contribution in [-0.2, 0) is 11.3 Å². The quantitative estimate of drug-likeness (QED) is 0.728. The summed E-state index contributed by atoms with van der Waals surface area (Å²) in [6, 6.07) is 13.7. The Morgan fingerprint density at radius 3 is 2.54 bits per heavy atom. The van der Waals surface area contributed by atoms with Gasteiger partial charge in [0.25, 0.3) is 5.56 Å². The van der Waals surface area contributed by atoms with Crippen molar-refractivity contribution in [2.75, 3.05) is 7.11 Å². The van der Waals surface area contributed by atoms with Gasteiger partial charge in [0.05, 0.1) is 24.1 Å². The summed E-state index contributed by atoms with van der Waals surface area (Å²) in [6.45, 7) is 1.48. The van der Waals surface area contributed by atoms with Gasteiger partial charge in [-0.3, -0.25) is 14.2 Å². The number of hydrogen-bond acceptors (Lipinski definition) is 4. The Morgan fingerprint density at radius 1 is 1.15 bits per heavy atom. The van der Waals surface area contributed by atoms with E-state index in [0.29, 0.717) is 10.9 Å². The summed E-state index contributed by atoms with van der Waals surface area (Å²) in [4.78, 5) is 39.5. The van der Waals surface area contributed by atoms with Gasteiger partial charge >= 0.3 is 5.69 Å². The number of H-pyrrole nitrogens is 1. The highest BCUT2D eigenvalue weighted by Crippen LogP contribution is 2.17. The largest absolute Gasteiger partial charge is 0.497 e. The molecule has 0 aliphatic heterocycles. The maximum Gasteiger partial charge on any atom is 0.329 e. The van der Waals surface area contributed by atoms with Crippen LogP contribution < -0.4 is 21.3 Å². The molecule has 2 aromatic carbocycles. The first-order chi connectivity index (χ1) is 12.5. The van der Waals surface area contributed by atoms with Crippen LogP contribution in [0.2, 0.25) is 0 Å². The van der Waals surface area contributed by atoms with Crippen molar-refractivity contribution in [2.24, 2.45) is 0 Å². The number of nitrogens with zero attached hydrogens (tertiary/aromatic N) is 1. The lowest BCUT2D eigenvalue weighted by Crippen LogP contribution is -2.41. The summed E-state index contributed by atoms with van der Waals surface area (Å²) in [5.74, 6) is 0.303. The molecule has 0 spiro atoms. The Hall–Kier alpha value is -3.35. The zero-order chi connectivity index (χ0) is 18.7. The van der Waals surface area contributed by atoms with E-state index in [4.69, 9.17) is 4.74 Å². The fourth-order valence-corrected chi connectivity index (χ4v) is 2.75. The van der Waals surface area contributed by atoms with Crippen LogP contribution in [0.25, 0.3) is 10.9 Å². The number of carbonyl (C=O) groups is 1.